The predicted molar refractivity (Wildman–Crippen MR) is 101 cm³/mol. The molecule has 1 aliphatic carbocycles. The summed E-state index contributed by atoms with van der Waals surface area (Å²) in [4.78, 5) is 11.8. The van der Waals surface area contributed by atoms with Crippen LogP contribution in [0.3, 0.4) is 0 Å². The molecule has 0 amide bonds. The minimum absolute atomic E-state index is 0.0989. The van der Waals surface area contributed by atoms with Crippen molar-refractivity contribution in [2.24, 2.45) is 11.8 Å². The maximum Gasteiger partial charge on any atom is 0.432 e. The lowest BCUT2D eigenvalue weighted by Gasteiger charge is -2.44. The van der Waals surface area contributed by atoms with Gasteiger partial charge < -0.3 is 0 Å². The quantitative estimate of drug-likeness (QED) is 0.448. The van der Waals surface area contributed by atoms with Crippen molar-refractivity contribution in [2.45, 2.75) is 55.1 Å². The average molecular weight is 482 g/mol. The molecule has 1 aromatic carbocycles. The minimum Gasteiger partial charge on any atom is -0.292 e. The van der Waals surface area contributed by atoms with Crippen LogP contribution in [-0.4, -0.2) is 29.1 Å². The number of aromatic nitrogens is 2. The lowest BCUT2D eigenvalue weighted by atomic mass is 9.67. The van der Waals surface area contributed by atoms with Crippen molar-refractivity contribution in [3.8, 4) is 0 Å². The summed E-state index contributed by atoms with van der Waals surface area (Å²) in [6.45, 7) is 2.85. The first-order valence-corrected chi connectivity index (χ1v) is 11.1. The molecular weight excluding hydrogens is 462 g/mol. The van der Waals surface area contributed by atoms with E-state index in [1.54, 1.807) is 5.10 Å². The summed E-state index contributed by atoms with van der Waals surface area (Å²) in [5.74, 6) is -1.28. The lowest BCUT2D eigenvalue weighted by Crippen LogP contribution is -2.46. The van der Waals surface area contributed by atoms with Crippen LogP contribution >= 0.6 is 0 Å². The largest absolute Gasteiger partial charge is 0.432 e. The van der Waals surface area contributed by atoms with Crippen LogP contribution in [0.15, 0.2) is 35.2 Å². The van der Waals surface area contributed by atoms with Gasteiger partial charge in [0.15, 0.2) is 15.6 Å². The summed E-state index contributed by atoms with van der Waals surface area (Å²) in [6, 6.07) is 4.16. The Labute approximate surface area is 180 Å². The van der Waals surface area contributed by atoms with Crippen LogP contribution in [0.5, 0.6) is 0 Å². The number of carbonyl (C=O) groups is 1. The van der Waals surface area contributed by atoms with Crippen molar-refractivity contribution < 1.29 is 39.6 Å². The first-order valence-electron chi connectivity index (χ1n) is 9.61. The van der Waals surface area contributed by atoms with E-state index in [1.807, 2.05) is 0 Å². The highest BCUT2D eigenvalue weighted by Gasteiger charge is 2.49. The van der Waals surface area contributed by atoms with Crippen LogP contribution in [0, 0.1) is 11.8 Å². The molecular formula is C20H20F6N2O3S. The van der Waals surface area contributed by atoms with Gasteiger partial charge in [-0.2, -0.15) is 31.4 Å². The molecule has 1 aliphatic rings. The smallest absolute Gasteiger partial charge is 0.292 e. The molecule has 32 heavy (non-hydrogen) atoms. The maximum atomic E-state index is 13.1. The Balaban J connectivity index is 1.68. The molecule has 0 atom stereocenters. The number of H-pyrrole nitrogens is 1. The number of nitrogens with one attached hydrogen (secondary N) is 1. The number of halogens is 6. The van der Waals surface area contributed by atoms with Gasteiger partial charge in [0.2, 0.25) is 0 Å². The molecule has 0 bridgehead atoms. The second-order valence-corrected chi connectivity index (χ2v) is 11.0. The number of carbonyl (C=O) groups excluding carboxylic acids is 1. The third-order valence-corrected chi connectivity index (χ3v) is 8.62. The predicted octanol–water partition coefficient (Wildman–Crippen LogP) is 5.30. The van der Waals surface area contributed by atoms with E-state index >= 15 is 0 Å². The van der Waals surface area contributed by atoms with E-state index < -0.39 is 54.8 Å². The Morgan fingerprint density at radius 2 is 1.69 bits per heavy atom. The molecule has 12 heteroatoms. The number of nitrogens with zero attached hydrogens (tertiary/aromatic N) is 1. The number of ketones is 1. The second-order valence-electron chi connectivity index (χ2n) is 8.46. The summed E-state index contributed by atoms with van der Waals surface area (Å²) in [7, 11) is -4.13. The molecule has 1 N–H and O–H groups in total. The number of rotatable bonds is 6. The van der Waals surface area contributed by atoms with Gasteiger partial charge in [0.25, 0.3) is 0 Å². The summed E-state index contributed by atoms with van der Waals surface area (Å²) in [6.07, 6.45) is -8.84. The number of hydrogen-bond donors (Lipinski definition) is 1. The van der Waals surface area contributed by atoms with E-state index in [4.69, 9.17) is 0 Å². The average Bonchev–Trinajstić information content (AvgIpc) is 3.14. The van der Waals surface area contributed by atoms with Crippen LogP contribution < -0.4 is 0 Å². The van der Waals surface area contributed by atoms with Gasteiger partial charge in [0.05, 0.1) is 15.2 Å². The molecule has 1 heterocycles. The Morgan fingerprint density at radius 1 is 1.06 bits per heavy atom. The van der Waals surface area contributed by atoms with Crippen molar-refractivity contribution in [2.75, 3.05) is 0 Å². The first kappa shape index (κ1) is 24.3. The van der Waals surface area contributed by atoms with E-state index in [1.165, 1.54) is 13.8 Å². The van der Waals surface area contributed by atoms with Gasteiger partial charge in [0, 0.05) is 6.42 Å². The zero-order valence-electron chi connectivity index (χ0n) is 17.0. The van der Waals surface area contributed by atoms with Gasteiger partial charge in [0.1, 0.15) is 11.4 Å². The van der Waals surface area contributed by atoms with Crippen molar-refractivity contribution in [3.63, 3.8) is 0 Å². The van der Waals surface area contributed by atoms with Crippen LogP contribution in [0.25, 0.3) is 0 Å². The van der Waals surface area contributed by atoms with E-state index in [2.05, 4.69) is 5.10 Å². The standard InChI is InChI=1S/C20H20F6N2O3S/c1-18(2,32(30,31)14-5-3-4-12(9-14)19(21,22)23)13-6-11(7-13)8-16(29)15-10-17(28-27-15)20(24,25)26/h3-5,9-11,13H,6-8H2,1-2H3,(H,27,28). The second kappa shape index (κ2) is 7.89. The molecule has 0 unspecified atom stereocenters. The van der Waals surface area contributed by atoms with Crippen molar-refractivity contribution >= 4 is 15.6 Å². The normalized spacial score (nSPS) is 20.1. The summed E-state index contributed by atoms with van der Waals surface area (Å²) >= 11 is 0. The summed E-state index contributed by atoms with van der Waals surface area (Å²) in [5.41, 5.74) is -2.55. The van der Waals surface area contributed by atoms with Gasteiger partial charge >= 0.3 is 12.4 Å². The highest BCUT2D eigenvalue weighted by molar-refractivity contribution is 7.92. The molecule has 5 nitrogen and oxygen atoms in total. The Morgan fingerprint density at radius 3 is 2.22 bits per heavy atom. The highest BCUT2D eigenvalue weighted by Crippen LogP contribution is 2.48. The molecule has 1 aromatic heterocycles. The van der Waals surface area contributed by atoms with Crippen LogP contribution in [0.2, 0.25) is 0 Å². The molecule has 3 rings (SSSR count). The number of Topliss-reactive ketones (excluding diaryl/α,β-unsaturated/α-hetero) is 1. The van der Waals surface area contributed by atoms with Crippen LogP contribution in [0.1, 0.15) is 54.9 Å². The lowest BCUT2D eigenvalue weighted by molar-refractivity contribution is -0.141. The molecule has 0 saturated heterocycles. The highest BCUT2D eigenvalue weighted by atomic mass is 32.2. The van der Waals surface area contributed by atoms with Gasteiger partial charge in [-0.1, -0.05) is 6.07 Å². The molecule has 176 valence electrons. The fourth-order valence-electron chi connectivity index (χ4n) is 3.81. The fourth-order valence-corrected chi connectivity index (χ4v) is 5.59. The van der Waals surface area contributed by atoms with E-state index in [9.17, 15) is 39.6 Å². The van der Waals surface area contributed by atoms with Crippen molar-refractivity contribution in [1.82, 2.24) is 10.2 Å². The summed E-state index contributed by atoms with van der Waals surface area (Å²) < 4.78 is 102. The van der Waals surface area contributed by atoms with Gasteiger partial charge in [-0.15, -0.1) is 0 Å². The van der Waals surface area contributed by atoms with Crippen LogP contribution in [-0.2, 0) is 22.2 Å². The monoisotopic (exact) mass is 482 g/mol. The van der Waals surface area contributed by atoms with Crippen molar-refractivity contribution in [3.05, 3.63) is 47.3 Å². The molecule has 0 aliphatic heterocycles. The number of sulfone groups is 1. The number of hydrogen-bond acceptors (Lipinski definition) is 4. The van der Waals surface area contributed by atoms with E-state index in [-0.39, 0.29) is 18.0 Å². The minimum atomic E-state index is -4.68. The maximum absolute atomic E-state index is 13.1. The zero-order valence-corrected chi connectivity index (χ0v) is 17.8. The number of aromatic amines is 1. The van der Waals surface area contributed by atoms with E-state index in [0.717, 1.165) is 18.2 Å². The molecule has 0 spiro atoms. The third-order valence-electron chi connectivity index (χ3n) is 6.03. The number of benzene rings is 1. The SMILES string of the molecule is CC(C)(C1CC(CC(=O)c2cc(C(F)(F)F)[nH]n2)C1)S(=O)(=O)c1cccc(C(F)(F)F)c1. The Bertz CT molecular complexity index is 1110. The molecule has 0 radical (unpaired) electrons. The Hall–Kier alpha value is -2.37. The zero-order chi connectivity index (χ0) is 24.1. The van der Waals surface area contributed by atoms with Crippen LogP contribution in [0.4, 0.5) is 26.3 Å². The van der Waals surface area contributed by atoms with Gasteiger partial charge in [-0.3, -0.25) is 9.89 Å². The van der Waals surface area contributed by atoms with E-state index in [0.29, 0.717) is 25.0 Å². The topological polar surface area (TPSA) is 79.9 Å². The fraction of sp³-hybridized carbons (Fsp3) is 0.500. The summed E-state index contributed by atoms with van der Waals surface area (Å²) in [5, 5.41) is 5.15. The molecule has 1 saturated carbocycles. The Kier molecular flexibility index (Phi) is 5.99. The van der Waals surface area contributed by atoms with Crippen molar-refractivity contribution in [1.29, 1.82) is 0 Å². The molecule has 2 aromatic rings. The first-order chi connectivity index (χ1) is 14.5. The van der Waals surface area contributed by atoms with Gasteiger partial charge in [-0.05, 0) is 62.8 Å². The molecule has 1 fully saturated rings. The third kappa shape index (κ3) is 4.55. The van der Waals surface area contributed by atoms with Gasteiger partial charge in [-0.25, -0.2) is 8.42 Å². The number of alkyl halides is 6.